The first-order valence-electron chi connectivity index (χ1n) is 5.68. The normalized spacial score (nSPS) is 10.7. The first kappa shape index (κ1) is 13.2. The Kier molecular flexibility index (Phi) is 10.4. The summed E-state index contributed by atoms with van der Waals surface area (Å²) in [6.07, 6.45) is 13.3. The lowest BCUT2D eigenvalue weighted by Crippen LogP contribution is -1.93. The minimum Gasteiger partial charge on any atom is -0.107 e. The molecule has 0 aromatic carbocycles. The van der Waals surface area contributed by atoms with Crippen LogP contribution in [0.15, 0.2) is 12.7 Å². The van der Waals surface area contributed by atoms with Gasteiger partial charge in [0.15, 0.2) is 0 Å². The Bertz CT molecular complexity index is 104. The molecule has 0 saturated heterocycles. The summed E-state index contributed by atoms with van der Waals surface area (Å²) in [7, 11) is 0.388. The van der Waals surface area contributed by atoms with Gasteiger partial charge in [0.25, 0.3) is 0 Å². The van der Waals surface area contributed by atoms with E-state index in [1.54, 1.807) is 0 Å². The van der Waals surface area contributed by atoms with Crippen LogP contribution in [0.1, 0.15) is 46.0 Å². The summed E-state index contributed by atoms with van der Waals surface area (Å²) in [6.45, 7) is 8.38. The van der Waals surface area contributed by atoms with Crippen LogP contribution in [-0.4, -0.2) is 18.5 Å². The molecule has 0 heterocycles. The van der Waals surface area contributed by atoms with E-state index in [2.05, 4.69) is 20.4 Å². The van der Waals surface area contributed by atoms with Crippen molar-refractivity contribution in [1.82, 2.24) is 0 Å². The molecule has 1 heteroatoms. The average molecular weight is 200 g/mol. The molecule has 0 nitrogen and oxygen atoms in total. The predicted octanol–water partition coefficient (Wildman–Crippen LogP) is 4.64. The van der Waals surface area contributed by atoms with Crippen LogP contribution in [0.3, 0.4) is 0 Å². The molecule has 0 aromatic heterocycles. The number of hydrogen-bond donors (Lipinski definition) is 0. The molecule has 0 bridgehead atoms. The van der Waals surface area contributed by atoms with Gasteiger partial charge in [0.1, 0.15) is 0 Å². The smallest absolute Gasteiger partial charge is 0.0326 e. The van der Waals surface area contributed by atoms with Crippen molar-refractivity contribution in [3.8, 4) is 0 Å². The molecule has 0 atom stereocenters. The Morgan fingerprint density at radius 2 is 1.62 bits per heavy atom. The van der Waals surface area contributed by atoms with Crippen LogP contribution in [0.2, 0.25) is 0 Å². The van der Waals surface area contributed by atoms with Crippen molar-refractivity contribution in [2.45, 2.75) is 46.0 Å². The Balaban J connectivity index is 3.37. The molecule has 0 aromatic rings. The summed E-state index contributed by atoms with van der Waals surface area (Å²) in [5, 5.41) is 0. The molecule has 0 saturated carbocycles. The van der Waals surface area contributed by atoms with Gasteiger partial charge >= 0.3 is 0 Å². The molecule has 0 aliphatic heterocycles. The van der Waals surface area contributed by atoms with E-state index in [9.17, 15) is 0 Å². The molecule has 0 unspecified atom stereocenters. The molecular weight excluding hydrogens is 175 g/mol. The molecule has 0 aliphatic rings. The van der Waals surface area contributed by atoms with Gasteiger partial charge < -0.3 is 0 Å². The largest absolute Gasteiger partial charge is 0.107 e. The van der Waals surface area contributed by atoms with Gasteiger partial charge in [-0.05, 0) is 37.7 Å². The maximum absolute atomic E-state index is 3.76. The summed E-state index contributed by atoms with van der Waals surface area (Å²) in [4.78, 5) is 0. The summed E-state index contributed by atoms with van der Waals surface area (Å²) < 4.78 is 0. The fraction of sp³-hybridized carbons (Fsp3) is 0.833. The van der Waals surface area contributed by atoms with Gasteiger partial charge in [0.05, 0.1) is 0 Å². The SMILES string of the molecule is C=CCCCCP(CCC)CCC. The molecule has 0 aliphatic carbocycles. The van der Waals surface area contributed by atoms with Crippen LogP contribution in [0.5, 0.6) is 0 Å². The molecule has 0 radical (unpaired) electrons. The van der Waals surface area contributed by atoms with Gasteiger partial charge in [-0.25, -0.2) is 0 Å². The van der Waals surface area contributed by atoms with Crippen LogP contribution in [0.4, 0.5) is 0 Å². The highest BCUT2D eigenvalue weighted by molar-refractivity contribution is 7.57. The van der Waals surface area contributed by atoms with Crippen molar-refractivity contribution >= 4 is 7.92 Å². The highest BCUT2D eigenvalue weighted by Crippen LogP contribution is 2.37. The van der Waals surface area contributed by atoms with Crippen molar-refractivity contribution in [1.29, 1.82) is 0 Å². The Morgan fingerprint density at radius 3 is 2.08 bits per heavy atom. The topological polar surface area (TPSA) is 0 Å². The lowest BCUT2D eigenvalue weighted by atomic mass is 10.2. The van der Waals surface area contributed by atoms with Crippen LogP contribution in [0, 0.1) is 0 Å². The quantitative estimate of drug-likeness (QED) is 0.289. The maximum Gasteiger partial charge on any atom is -0.0326 e. The zero-order valence-electron chi connectivity index (χ0n) is 9.39. The molecule has 0 fully saturated rings. The molecule has 13 heavy (non-hydrogen) atoms. The minimum absolute atomic E-state index is 0.388. The van der Waals surface area contributed by atoms with Crippen molar-refractivity contribution in [3.05, 3.63) is 12.7 Å². The minimum atomic E-state index is 0.388. The predicted molar refractivity (Wildman–Crippen MR) is 66.2 cm³/mol. The summed E-state index contributed by atoms with van der Waals surface area (Å²) in [5.74, 6) is 0. The fourth-order valence-corrected chi connectivity index (χ4v) is 4.20. The van der Waals surface area contributed by atoms with Gasteiger partial charge in [-0.3, -0.25) is 0 Å². The number of rotatable bonds is 9. The number of allylic oxidation sites excluding steroid dienone is 1. The van der Waals surface area contributed by atoms with Crippen LogP contribution < -0.4 is 0 Å². The molecule has 0 rings (SSSR count). The lowest BCUT2D eigenvalue weighted by molar-refractivity contribution is 0.817. The van der Waals surface area contributed by atoms with E-state index in [-0.39, 0.29) is 0 Å². The van der Waals surface area contributed by atoms with Gasteiger partial charge in [-0.1, -0.05) is 32.8 Å². The summed E-state index contributed by atoms with van der Waals surface area (Å²) in [6, 6.07) is 0. The van der Waals surface area contributed by atoms with Gasteiger partial charge in [-0.15, -0.1) is 14.5 Å². The fourth-order valence-electron chi connectivity index (χ4n) is 1.59. The monoisotopic (exact) mass is 200 g/mol. The Morgan fingerprint density at radius 1 is 1.00 bits per heavy atom. The van der Waals surface area contributed by atoms with E-state index in [4.69, 9.17) is 0 Å². The lowest BCUT2D eigenvalue weighted by Gasteiger charge is -2.15. The Labute approximate surface area is 85.6 Å². The highest BCUT2D eigenvalue weighted by Gasteiger charge is 2.04. The van der Waals surface area contributed by atoms with Crippen molar-refractivity contribution in [3.63, 3.8) is 0 Å². The molecule has 0 amide bonds. The third-order valence-corrected chi connectivity index (χ3v) is 5.32. The first-order valence-corrected chi connectivity index (χ1v) is 7.58. The summed E-state index contributed by atoms with van der Waals surface area (Å²) >= 11 is 0. The Hall–Kier alpha value is 0.170. The van der Waals surface area contributed by atoms with Crippen LogP contribution >= 0.6 is 7.92 Å². The van der Waals surface area contributed by atoms with Gasteiger partial charge in [0.2, 0.25) is 0 Å². The molecule has 0 spiro atoms. The van der Waals surface area contributed by atoms with E-state index in [0.717, 1.165) is 0 Å². The highest BCUT2D eigenvalue weighted by atomic mass is 31.1. The maximum atomic E-state index is 3.76. The van der Waals surface area contributed by atoms with Gasteiger partial charge in [0, 0.05) is 0 Å². The molecule has 78 valence electrons. The van der Waals surface area contributed by atoms with Gasteiger partial charge in [-0.2, -0.15) is 0 Å². The standard InChI is InChI=1S/C12H25P/c1-4-7-8-9-12-13(10-5-2)11-6-3/h4H,1,5-12H2,2-3H3. The second-order valence-corrected chi connectivity index (χ2v) is 6.31. The average Bonchev–Trinajstić information content (AvgIpc) is 2.13. The zero-order chi connectivity index (χ0) is 9.94. The van der Waals surface area contributed by atoms with Crippen molar-refractivity contribution in [2.75, 3.05) is 18.5 Å². The number of unbranched alkanes of at least 4 members (excludes halogenated alkanes) is 2. The van der Waals surface area contributed by atoms with E-state index < -0.39 is 0 Å². The van der Waals surface area contributed by atoms with E-state index >= 15 is 0 Å². The number of hydrogen-bond acceptors (Lipinski definition) is 0. The van der Waals surface area contributed by atoms with E-state index in [1.807, 2.05) is 6.08 Å². The molecule has 0 N–H and O–H groups in total. The third kappa shape index (κ3) is 8.50. The van der Waals surface area contributed by atoms with Crippen molar-refractivity contribution < 1.29 is 0 Å². The van der Waals surface area contributed by atoms with Crippen LogP contribution in [0.25, 0.3) is 0 Å². The molecular formula is C12H25P. The van der Waals surface area contributed by atoms with Crippen LogP contribution in [-0.2, 0) is 0 Å². The zero-order valence-corrected chi connectivity index (χ0v) is 10.3. The third-order valence-electron chi connectivity index (χ3n) is 2.21. The summed E-state index contributed by atoms with van der Waals surface area (Å²) in [5.41, 5.74) is 0. The van der Waals surface area contributed by atoms with Crippen molar-refractivity contribution in [2.24, 2.45) is 0 Å². The van der Waals surface area contributed by atoms with E-state index in [1.165, 1.54) is 50.6 Å². The second kappa shape index (κ2) is 10.3. The second-order valence-electron chi connectivity index (χ2n) is 3.63. The van der Waals surface area contributed by atoms with E-state index in [0.29, 0.717) is 7.92 Å². The first-order chi connectivity index (χ1) is 6.35.